The SMILES string of the molecule is CCNC(=O)COc1ccc(/C=C/C(=O)c2ccc3cc(OC)ccc3c2)cc1OC. The number of methoxy groups -OCH3 is 2. The number of nitrogens with one attached hydrogen (secondary N) is 1. The minimum atomic E-state index is -0.201. The van der Waals surface area contributed by atoms with Gasteiger partial charge in [0.05, 0.1) is 14.2 Å². The molecule has 6 heteroatoms. The van der Waals surface area contributed by atoms with Crippen LogP contribution in [0.1, 0.15) is 22.8 Å². The fourth-order valence-corrected chi connectivity index (χ4v) is 3.07. The second-order valence-electron chi connectivity index (χ2n) is 6.78. The molecule has 1 N–H and O–H groups in total. The van der Waals surface area contributed by atoms with Crippen LogP contribution in [0.4, 0.5) is 0 Å². The summed E-state index contributed by atoms with van der Waals surface area (Å²) in [6, 6.07) is 16.6. The number of ether oxygens (including phenoxy) is 3. The van der Waals surface area contributed by atoms with E-state index in [1.807, 2.05) is 37.3 Å². The van der Waals surface area contributed by atoms with Crippen molar-refractivity contribution in [3.63, 3.8) is 0 Å². The summed E-state index contributed by atoms with van der Waals surface area (Å²) in [6.07, 6.45) is 3.24. The molecule has 0 aliphatic rings. The Balaban J connectivity index is 1.72. The van der Waals surface area contributed by atoms with Crippen molar-refractivity contribution in [3.8, 4) is 17.2 Å². The standard InChI is InChI=1S/C25H25NO5/c1-4-26-25(28)16-31-23-12-6-17(13-24(23)30-3)5-11-22(27)20-8-7-19-15-21(29-2)10-9-18(19)14-20/h5-15H,4,16H2,1-3H3,(H,26,28)/b11-5+. The molecule has 0 fully saturated rings. The molecule has 6 nitrogen and oxygen atoms in total. The number of benzene rings is 3. The van der Waals surface area contributed by atoms with Crippen LogP contribution in [0, 0.1) is 0 Å². The maximum atomic E-state index is 12.6. The molecule has 0 saturated heterocycles. The second-order valence-corrected chi connectivity index (χ2v) is 6.78. The monoisotopic (exact) mass is 419 g/mol. The highest BCUT2D eigenvalue weighted by Gasteiger charge is 2.08. The minimum Gasteiger partial charge on any atom is -0.497 e. The summed E-state index contributed by atoms with van der Waals surface area (Å²) >= 11 is 0. The van der Waals surface area contributed by atoms with E-state index in [1.54, 1.807) is 37.5 Å². The second kappa shape index (κ2) is 10.3. The van der Waals surface area contributed by atoms with E-state index in [-0.39, 0.29) is 18.3 Å². The number of amides is 1. The van der Waals surface area contributed by atoms with Crippen LogP contribution in [-0.2, 0) is 4.79 Å². The highest BCUT2D eigenvalue weighted by Crippen LogP contribution is 2.29. The summed E-state index contributed by atoms with van der Waals surface area (Å²) in [7, 11) is 3.15. The summed E-state index contributed by atoms with van der Waals surface area (Å²) in [5, 5.41) is 4.65. The lowest BCUT2D eigenvalue weighted by Gasteiger charge is -2.11. The zero-order valence-corrected chi connectivity index (χ0v) is 17.8. The number of hydrogen-bond donors (Lipinski definition) is 1. The quantitative estimate of drug-likeness (QED) is 0.414. The van der Waals surface area contributed by atoms with Crippen molar-refractivity contribution in [2.75, 3.05) is 27.4 Å². The van der Waals surface area contributed by atoms with Crippen molar-refractivity contribution in [2.24, 2.45) is 0 Å². The highest BCUT2D eigenvalue weighted by molar-refractivity contribution is 6.08. The normalized spacial score (nSPS) is 10.8. The molecule has 1 amide bonds. The largest absolute Gasteiger partial charge is 0.497 e. The molecule has 0 radical (unpaired) electrons. The first-order valence-electron chi connectivity index (χ1n) is 9.91. The smallest absolute Gasteiger partial charge is 0.257 e. The molecule has 0 bridgehead atoms. The van der Waals surface area contributed by atoms with Gasteiger partial charge in [0.15, 0.2) is 23.9 Å². The molecular weight excluding hydrogens is 394 g/mol. The molecule has 3 aromatic rings. The van der Waals surface area contributed by atoms with E-state index in [2.05, 4.69) is 5.32 Å². The van der Waals surface area contributed by atoms with Gasteiger partial charge in [-0.2, -0.15) is 0 Å². The molecule has 0 saturated carbocycles. The van der Waals surface area contributed by atoms with Gasteiger partial charge in [-0.15, -0.1) is 0 Å². The lowest BCUT2D eigenvalue weighted by atomic mass is 10.0. The Labute approximate surface area is 181 Å². The molecule has 0 aliphatic heterocycles. The van der Waals surface area contributed by atoms with Crippen LogP contribution in [-0.4, -0.2) is 39.1 Å². The Morgan fingerprint density at radius 2 is 1.68 bits per heavy atom. The summed E-state index contributed by atoms with van der Waals surface area (Å²) in [5.74, 6) is 1.42. The van der Waals surface area contributed by atoms with Crippen molar-refractivity contribution in [2.45, 2.75) is 6.92 Å². The maximum Gasteiger partial charge on any atom is 0.257 e. The van der Waals surface area contributed by atoms with Gasteiger partial charge < -0.3 is 19.5 Å². The molecule has 0 atom stereocenters. The van der Waals surface area contributed by atoms with Gasteiger partial charge in [-0.3, -0.25) is 9.59 Å². The Kier molecular flexibility index (Phi) is 7.27. The van der Waals surface area contributed by atoms with Crippen LogP contribution in [0.5, 0.6) is 17.2 Å². The third-order valence-electron chi connectivity index (χ3n) is 4.68. The lowest BCUT2D eigenvalue weighted by molar-refractivity contribution is -0.123. The Bertz CT molecular complexity index is 1120. The number of fused-ring (bicyclic) bond motifs is 1. The third kappa shape index (κ3) is 5.63. The highest BCUT2D eigenvalue weighted by atomic mass is 16.5. The molecule has 0 unspecified atom stereocenters. The van der Waals surface area contributed by atoms with Crippen molar-refractivity contribution < 1.29 is 23.8 Å². The summed E-state index contributed by atoms with van der Waals surface area (Å²) in [5.41, 5.74) is 1.38. The zero-order chi connectivity index (χ0) is 22.2. The van der Waals surface area contributed by atoms with Gasteiger partial charge in [0.25, 0.3) is 5.91 Å². The third-order valence-corrected chi connectivity index (χ3v) is 4.68. The topological polar surface area (TPSA) is 73.9 Å². The number of ketones is 1. The number of carbonyl (C=O) groups excluding carboxylic acids is 2. The van der Waals surface area contributed by atoms with E-state index < -0.39 is 0 Å². The molecule has 0 spiro atoms. The van der Waals surface area contributed by atoms with Crippen LogP contribution in [0.15, 0.2) is 60.7 Å². The van der Waals surface area contributed by atoms with E-state index >= 15 is 0 Å². The molecule has 0 aromatic heterocycles. The van der Waals surface area contributed by atoms with Crippen molar-refractivity contribution >= 4 is 28.5 Å². The average molecular weight is 419 g/mol. The van der Waals surface area contributed by atoms with E-state index in [4.69, 9.17) is 14.2 Å². The van der Waals surface area contributed by atoms with Crippen LogP contribution in [0.2, 0.25) is 0 Å². The molecule has 31 heavy (non-hydrogen) atoms. The lowest BCUT2D eigenvalue weighted by Crippen LogP contribution is -2.28. The number of carbonyl (C=O) groups is 2. The van der Waals surface area contributed by atoms with Crippen molar-refractivity contribution in [3.05, 3.63) is 71.8 Å². The summed E-state index contributed by atoms with van der Waals surface area (Å²) in [6.45, 7) is 2.30. The minimum absolute atomic E-state index is 0.0916. The molecule has 0 aliphatic carbocycles. The molecule has 0 heterocycles. The van der Waals surface area contributed by atoms with E-state index in [1.165, 1.54) is 13.2 Å². The van der Waals surface area contributed by atoms with Crippen LogP contribution in [0.25, 0.3) is 16.8 Å². The van der Waals surface area contributed by atoms with Crippen molar-refractivity contribution in [1.29, 1.82) is 0 Å². The van der Waals surface area contributed by atoms with E-state index in [0.717, 1.165) is 22.1 Å². The number of allylic oxidation sites excluding steroid dienone is 1. The van der Waals surface area contributed by atoms with Gasteiger partial charge in [0, 0.05) is 12.1 Å². The van der Waals surface area contributed by atoms with Crippen molar-refractivity contribution in [1.82, 2.24) is 5.32 Å². The molecule has 3 aromatic carbocycles. The summed E-state index contributed by atoms with van der Waals surface area (Å²) < 4.78 is 16.1. The Hall–Kier alpha value is -3.80. The molecule has 160 valence electrons. The molecular formula is C25H25NO5. The number of rotatable bonds is 9. The van der Waals surface area contributed by atoms with Gasteiger partial charge >= 0.3 is 0 Å². The van der Waals surface area contributed by atoms with Crippen LogP contribution in [0.3, 0.4) is 0 Å². The van der Waals surface area contributed by atoms with Crippen LogP contribution < -0.4 is 19.5 Å². The zero-order valence-electron chi connectivity index (χ0n) is 17.8. The Morgan fingerprint density at radius 1 is 0.903 bits per heavy atom. The number of hydrogen-bond acceptors (Lipinski definition) is 5. The first-order chi connectivity index (χ1) is 15.0. The fraction of sp³-hybridized carbons (Fsp3) is 0.200. The van der Waals surface area contributed by atoms with E-state index in [9.17, 15) is 9.59 Å². The van der Waals surface area contributed by atoms with Gasteiger partial charge in [-0.25, -0.2) is 0 Å². The first kappa shape index (κ1) is 21.9. The van der Waals surface area contributed by atoms with Gasteiger partial charge in [-0.05, 0) is 59.7 Å². The molecule has 3 rings (SSSR count). The van der Waals surface area contributed by atoms with Gasteiger partial charge in [0.1, 0.15) is 5.75 Å². The first-order valence-corrected chi connectivity index (χ1v) is 9.91. The van der Waals surface area contributed by atoms with Gasteiger partial charge in [-0.1, -0.05) is 30.3 Å². The average Bonchev–Trinajstić information content (AvgIpc) is 2.80. The van der Waals surface area contributed by atoms with Gasteiger partial charge in [0.2, 0.25) is 0 Å². The predicted octanol–water partition coefficient (Wildman–Crippen LogP) is 4.27. The maximum absolute atomic E-state index is 12.6. The fourth-order valence-electron chi connectivity index (χ4n) is 3.07. The van der Waals surface area contributed by atoms with E-state index in [0.29, 0.717) is 23.6 Å². The number of likely N-dealkylation sites (N-methyl/N-ethyl adjacent to an activating group) is 1. The predicted molar refractivity (Wildman–Crippen MR) is 121 cm³/mol. The Morgan fingerprint density at radius 3 is 2.42 bits per heavy atom. The van der Waals surface area contributed by atoms with Crippen LogP contribution >= 0.6 is 0 Å². The summed E-state index contributed by atoms with van der Waals surface area (Å²) in [4.78, 5) is 24.2.